The number of non-ortho nitro benzene ring substituents is 1. The maximum absolute atomic E-state index is 12.5. The Bertz CT molecular complexity index is 735. The van der Waals surface area contributed by atoms with Gasteiger partial charge in [-0.2, -0.15) is 0 Å². The van der Waals surface area contributed by atoms with E-state index < -0.39 is 32.6 Å². The molecule has 0 fully saturated rings. The standard InChI is InChI=1S/C15H19N3O6/c1-14(2,3)24-13(19)16-8-15(4,5)10-6-9(17(20)21)7-11(12(10)16)18(22)23/h6-7H,8H2,1-5H3. The summed E-state index contributed by atoms with van der Waals surface area (Å²) in [6.45, 7) is 8.75. The number of ether oxygens (including phenoxy) is 1. The monoisotopic (exact) mass is 337 g/mol. The van der Waals surface area contributed by atoms with Crippen LogP contribution in [0, 0.1) is 20.2 Å². The van der Waals surface area contributed by atoms with E-state index in [-0.39, 0.29) is 17.9 Å². The van der Waals surface area contributed by atoms with Crippen molar-refractivity contribution in [3.63, 3.8) is 0 Å². The van der Waals surface area contributed by atoms with E-state index in [1.807, 2.05) is 0 Å². The molecule has 1 aliphatic rings. The lowest BCUT2D eigenvalue weighted by Gasteiger charge is -2.25. The van der Waals surface area contributed by atoms with Crippen LogP contribution in [0.4, 0.5) is 21.9 Å². The van der Waals surface area contributed by atoms with E-state index in [1.165, 1.54) is 11.0 Å². The number of carbonyl (C=O) groups is 1. The molecule has 0 N–H and O–H groups in total. The second-order valence-electron chi connectivity index (χ2n) is 7.33. The predicted octanol–water partition coefficient (Wildman–Crippen LogP) is 3.54. The highest BCUT2D eigenvalue weighted by atomic mass is 16.6. The Hall–Kier alpha value is -2.71. The first kappa shape index (κ1) is 17.6. The summed E-state index contributed by atoms with van der Waals surface area (Å²) < 4.78 is 5.31. The van der Waals surface area contributed by atoms with Crippen LogP contribution in [-0.2, 0) is 10.2 Å². The Morgan fingerprint density at radius 1 is 1.21 bits per heavy atom. The molecule has 0 saturated heterocycles. The highest BCUT2D eigenvalue weighted by molar-refractivity contribution is 5.95. The number of benzene rings is 1. The van der Waals surface area contributed by atoms with Crippen LogP contribution in [0.1, 0.15) is 40.2 Å². The van der Waals surface area contributed by atoms with Gasteiger partial charge in [-0.05, 0) is 26.3 Å². The Labute approximate surface area is 138 Å². The Kier molecular flexibility index (Phi) is 3.99. The lowest BCUT2D eigenvalue weighted by Crippen LogP contribution is -2.38. The third-order valence-electron chi connectivity index (χ3n) is 3.65. The van der Waals surface area contributed by atoms with Gasteiger partial charge in [0.2, 0.25) is 0 Å². The minimum atomic E-state index is -0.764. The molecule has 0 aliphatic carbocycles. The van der Waals surface area contributed by atoms with E-state index in [9.17, 15) is 25.0 Å². The molecular formula is C15H19N3O6. The van der Waals surface area contributed by atoms with Gasteiger partial charge in [-0.3, -0.25) is 25.1 Å². The van der Waals surface area contributed by atoms with Crippen molar-refractivity contribution in [2.75, 3.05) is 11.4 Å². The zero-order chi connectivity index (χ0) is 18.4. The van der Waals surface area contributed by atoms with E-state index >= 15 is 0 Å². The molecule has 1 aromatic carbocycles. The highest BCUT2D eigenvalue weighted by Crippen LogP contribution is 2.48. The number of nitro groups is 2. The summed E-state index contributed by atoms with van der Waals surface area (Å²) in [7, 11) is 0. The van der Waals surface area contributed by atoms with Gasteiger partial charge in [-0.15, -0.1) is 0 Å². The number of hydrogen-bond donors (Lipinski definition) is 0. The van der Waals surface area contributed by atoms with E-state index in [0.717, 1.165) is 6.07 Å². The molecule has 1 amide bonds. The third-order valence-corrected chi connectivity index (χ3v) is 3.65. The quantitative estimate of drug-likeness (QED) is 0.602. The first-order chi connectivity index (χ1) is 10.8. The van der Waals surface area contributed by atoms with Crippen LogP contribution in [0.25, 0.3) is 0 Å². The van der Waals surface area contributed by atoms with Gasteiger partial charge in [0.05, 0.1) is 15.9 Å². The number of amides is 1. The molecular weight excluding hydrogens is 318 g/mol. The molecule has 1 heterocycles. The molecule has 1 aromatic rings. The topological polar surface area (TPSA) is 116 Å². The summed E-state index contributed by atoms with van der Waals surface area (Å²) in [6, 6.07) is 2.16. The first-order valence-electron chi connectivity index (χ1n) is 7.31. The summed E-state index contributed by atoms with van der Waals surface area (Å²) in [5, 5.41) is 22.5. The van der Waals surface area contributed by atoms with Crippen LogP contribution in [0.5, 0.6) is 0 Å². The normalized spacial score (nSPS) is 15.8. The predicted molar refractivity (Wildman–Crippen MR) is 86.4 cm³/mol. The van der Waals surface area contributed by atoms with Crippen LogP contribution in [0.2, 0.25) is 0 Å². The number of hydrogen-bond acceptors (Lipinski definition) is 6. The van der Waals surface area contributed by atoms with E-state index in [4.69, 9.17) is 4.74 Å². The molecule has 0 saturated carbocycles. The summed E-state index contributed by atoms with van der Waals surface area (Å²) in [6.07, 6.45) is -0.716. The second kappa shape index (κ2) is 5.43. The summed E-state index contributed by atoms with van der Waals surface area (Å²) in [5.41, 5.74) is -1.85. The molecule has 1 aliphatic heterocycles. The molecule has 0 radical (unpaired) electrons. The average Bonchev–Trinajstić information content (AvgIpc) is 2.68. The SMILES string of the molecule is CC(C)(C)OC(=O)N1CC(C)(C)c2cc([N+](=O)[O-])cc([N+](=O)[O-])c21. The fraction of sp³-hybridized carbons (Fsp3) is 0.533. The Balaban J connectivity index is 2.64. The molecule has 24 heavy (non-hydrogen) atoms. The molecule has 130 valence electrons. The molecule has 0 bridgehead atoms. The van der Waals surface area contributed by atoms with Crippen molar-refractivity contribution >= 4 is 23.2 Å². The van der Waals surface area contributed by atoms with Gasteiger partial charge in [0.1, 0.15) is 11.3 Å². The van der Waals surface area contributed by atoms with Crippen molar-refractivity contribution in [3.8, 4) is 0 Å². The van der Waals surface area contributed by atoms with Crippen molar-refractivity contribution in [1.29, 1.82) is 0 Å². The van der Waals surface area contributed by atoms with Gasteiger partial charge < -0.3 is 4.74 Å². The van der Waals surface area contributed by atoms with E-state index in [0.29, 0.717) is 5.56 Å². The second-order valence-corrected chi connectivity index (χ2v) is 7.33. The van der Waals surface area contributed by atoms with E-state index in [1.54, 1.807) is 34.6 Å². The number of rotatable bonds is 2. The fourth-order valence-corrected chi connectivity index (χ4v) is 2.68. The molecule has 2 rings (SSSR count). The summed E-state index contributed by atoms with van der Waals surface area (Å²) in [4.78, 5) is 34.7. The van der Waals surface area contributed by atoms with Crippen molar-refractivity contribution < 1.29 is 19.4 Å². The number of carbonyl (C=O) groups excluding carboxylic acids is 1. The largest absolute Gasteiger partial charge is 0.443 e. The van der Waals surface area contributed by atoms with Crippen LogP contribution in [-0.4, -0.2) is 28.1 Å². The lowest BCUT2D eigenvalue weighted by molar-refractivity contribution is -0.393. The third kappa shape index (κ3) is 3.15. The van der Waals surface area contributed by atoms with Crippen molar-refractivity contribution in [2.24, 2.45) is 0 Å². The van der Waals surface area contributed by atoms with Crippen LogP contribution in [0.3, 0.4) is 0 Å². The van der Waals surface area contributed by atoms with Gasteiger partial charge >= 0.3 is 6.09 Å². The molecule has 0 atom stereocenters. The smallest absolute Gasteiger partial charge is 0.415 e. The maximum Gasteiger partial charge on any atom is 0.415 e. The van der Waals surface area contributed by atoms with Crippen LogP contribution < -0.4 is 4.90 Å². The fourth-order valence-electron chi connectivity index (χ4n) is 2.68. The summed E-state index contributed by atoms with van der Waals surface area (Å²) >= 11 is 0. The molecule has 9 nitrogen and oxygen atoms in total. The number of fused-ring (bicyclic) bond motifs is 1. The average molecular weight is 337 g/mol. The van der Waals surface area contributed by atoms with Gasteiger partial charge in [-0.1, -0.05) is 13.8 Å². The lowest BCUT2D eigenvalue weighted by atomic mass is 9.86. The minimum absolute atomic E-state index is 0.0600. The minimum Gasteiger partial charge on any atom is -0.443 e. The molecule has 0 aromatic heterocycles. The zero-order valence-electron chi connectivity index (χ0n) is 14.2. The number of anilines is 1. The zero-order valence-corrected chi connectivity index (χ0v) is 14.2. The number of nitro benzene ring substituents is 2. The van der Waals surface area contributed by atoms with Gasteiger partial charge in [-0.25, -0.2) is 4.79 Å². The van der Waals surface area contributed by atoms with Crippen LogP contribution >= 0.6 is 0 Å². The van der Waals surface area contributed by atoms with Crippen LogP contribution in [0.15, 0.2) is 12.1 Å². The molecule has 9 heteroatoms. The van der Waals surface area contributed by atoms with Gasteiger partial charge in [0.15, 0.2) is 0 Å². The number of nitrogens with zero attached hydrogens (tertiary/aromatic N) is 3. The van der Waals surface area contributed by atoms with Crippen molar-refractivity contribution in [3.05, 3.63) is 37.9 Å². The highest BCUT2D eigenvalue weighted by Gasteiger charge is 2.45. The van der Waals surface area contributed by atoms with Gasteiger partial charge in [0.25, 0.3) is 11.4 Å². The Morgan fingerprint density at radius 3 is 2.25 bits per heavy atom. The van der Waals surface area contributed by atoms with Crippen molar-refractivity contribution in [2.45, 2.75) is 45.6 Å². The maximum atomic E-state index is 12.5. The summed E-state index contributed by atoms with van der Waals surface area (Å²) in [5.74, 6) is 0. The van der Waals surface area contributed by atoms with Crippen molar-refractivity contribution in [1.82, 2.24) is 0 Å². The first-order valence-corrected chi connectivity index (χ1v) is 7.31. The Morgan fingerprint density at radius 2 is 1.79 bits per heavy atom. The van der Waals surface area contributed by atoms with Gasteiger partial charge in [0, 0.05) is 18.0 Å². The van der Waals surface area contributed by atoms with E-state index in [2.05, 4.69) is 0 Å². The molecule has 0 spiro atoms. The molecule has 0 unspecified atom stereocenters.